The fourth-order valence-corrected chi connectivity index (χ4v) is 5.11. The molecule has 160 valence electrons. The summed E-state index contributed by atoms with van der Waals surface area (Å²) in [6.07, 6.45) is 5.02. The smallest absolute Gasteiger partial charge is 0.282 e. The third-order valence-corrected chi connectivity index (χ3v) is 6.56. The summed E-state index contributed by atoms with van der Waals surface area (Å²) < 4.78 is 11.9. The van der Waals surface area contributed by atoms with Gasteiger partial charge < -0.3 is 9.47 Å². The number of hydrazone groups is 1. The summed E-state index contributed by atoms with van der Waals surface area (Å²) in [6.45, 7) is 4.01. The van der Waals surface area contributed by atoms with Crippen LogP contribution in [0.4, 0.5) is 0 Å². The van der Waals surface area contributed by atoms with E-state index >= 15 is 0 Å². The van der Waals surface area contributed by atoms with Gasteiger partial charge in [0.25, 0.3) is 11.8 Å². The van der Waals surface area contributed by atoms with Crippen LogP contribution in [0.2, 0.25) is 0 Å². The lowest BCUT2D eigenvalue weighted by molar-refractivity contribution is 0.0616. The Bertz CT molecular complexity index is 1290. The van der Waals surface area contributed by atoms with Crippen LogP contribution in [-0.2, 0) is 12.8 Å². The number of carbonyl (C=O) groups is 2. The van der Waals surface area contributed by atoms with Crippen LogP contribution in [0, 0.1) is 3.57 Å². The van der Waals surface area contributed by atoms with E-state index in [4.69, 9.17) is 9.47 Å². The SMILES string of the molecule is C=CCOc1c(I)cc(/C=N\N2C(=O)c3ccc4c5c(ccc(c35)C2=O)CC4)cc1OC. The third kappa shape index (κ3) is 3.19. The normalized spacial score (nSPS) is 14.5. The molecule has 5 rings (SSSR count). The van der Waals surface area contributed by atoms with E-state index in [1.165, 1.54) is 17.3 Å². The van der Waals surface area contributed by atoms with Crippen molar-refractivity contribution in [3.8, 4) is 11.5 Å². The maximum absolute atomic E-state index is 13.2. The highest BCUT2D eigenvalue weighted by molar-refractivity contribution is 14.1. The first-order chi connectivity index (χ1) is 15.5. The number of ether oxygens (including phenoxy) is 2. The summed E-state index contributed by atoms with van der Waals surface area (Å²) in [5.41, 5.74) is 4.09. The van der Waals surface area contributed by atoms with Gasteiger partial charge in [-0.05, 0) is 81.8 Å². The van der Waals surface area contributed by atoms with Crippen LogP contribution in [0.15, 0.2) is 54.2 Å². The molecule has 0 aromatic heterocycles. The molecule has 1 heterocycles. The first kappa shape index (κ1) is 20.7. The number of nitrogens with zero attached hydrogens (tertiary/aromatic N) is 2. The molecule has 0 radical (unpaired) electrons. The third-order valence-electron chi connectivity index (χ3n) is 5.76. The van der Waals surface area contributed by atoms with E-state index in [-0.39, 0.29) is 0 Å². The van der Waals surface area contributed by atoms with Crippen LogP contribution in [0.25, 0.3) is 10.8 Å². The van der Waals surface area contributed by atoms with Crippen molar-refractivity contribution in [2.24, 2.45) is 5.10 Å². The average molecular weight is 538 g/mol. The largest absolute Gasteiger partial charge is 0.493 e. The number of methoxy groups -OCH3 is 1. The zero-order valence-corrected chi connectivity index (χ0v) is 19.5. The Hall–Kier alpha value is -3.20. The second kappa shape index (κ2) is 8.05. The molecule has 0 fully saturated rings. The van der Waals surface area contributed by atoms with Crippen molar-refractivity contribution >= 4 is 51.4 Å². The summed E-state index contributed by atoms with van der Waals surface area (Å²) in [4.78, 5) is 26.4. The Morgan fingerprint density at radius 1 is 1.06 bits per heavy atom. The minimum atomic E-state index is -0.415. The topological polar surface area (TPSA) is 68.2 Å². The highest BCUT2D eigenvalue weighted by Crippen LogP contribution is 2.38. The number of hydrogen-bond donors (Lipinski definition) is 0. The Morgan fingerprint density at radius 2 is 1.72 bits per heavy atom. The zero-order chi connectivity index (χ0) is 22.4. The highest BCUT2D eigenvalue weighted by atomic mass is 127. The van der Waals surface area contributed by atoms with E-state index in [1.54, 1.807) is 19.3 Å². The highest BCUT2D eigenvalue weighted by Gasteiger charge is 2.35. The van der Waals surface area contributed by atoms with E-state index in [0.717, 1.165) is 32.2 Å². The van der Waals surface area contributed by atoms with E-state index < -0.39 is 11.8 Å². The number of aryl methyl sites for hydroxylation is 2. The number of halogens is 1. The van der Waals surface area contributed by atoms with Gasteiger partial charge in [-0.25, -0.2) is 0 Å². The number of carbonyl (C=O) groups excluding carboxylic acids is 2. The molecule has 2 amide bonds. The molecule has 2 aliphatic rings. The first-order valence-corrected chi connectivity index (χ1v) is 11.2. The van der Waals surface area contributed by atoms with E-state index in [9.17, 15) is 9.59 Å². The molecular weight excluding hydrogens is 519 g/mol. The Morgan fingerprint density at radius 3 is 2.31 bits per heavy atom. The molecule has 3 aromatic carbocycles. The quantitative estimate of drug-likeness (QED) is 0.197. The number of hydrogen-bond acceptors (Lipinski definition) is 5. The summed E-state index contributed by atoms with van der Waals surface area (Å²) in [5, 5.41) is 7.02. The van der Waals surface area contributed by atoms with Gasteiger partial charge >= 0.3 is 0 Å². The molecule has 0 saturated carbocycles. The predicted molar refractivity (Wildman–Crippen MR) is 131 cm³/mol. The predicted octanol–water partition coefficient (Wildman–Crippen LogP) is 4.75. The van der Waals surface area contributed by atoms with Crippen molar-refractivity contribution in [1.82, 2.24) is 5.01 Å². The number of imide groups is 1. The number of rotatable bonds is 6. The Balaban J connectivity index is 1.52. The van der Waals surface area contributed by atoms with Crippen LogP contribution in [0.5, 0.6) is 11.5 Å². The molecule has 0 atom stereocenters. The van der Waals surface area contributed by atoms with E-state index in [2.05, 4.69) is 34.3 Å². The molecule has 0 spiro atoms. The molecule has 1 aliphatic carbocycles. The van der Waals surface area contributed by atoms with E-state index in [0.29, 0.717) is 34.8 Å². The molecule has 0 saturated heterocycles. The number of benzene rings is 3. The van der Waals surface area contributed by atoms with Crippen molar-refractivity contribution in [3.05, 3.63) is 80.4 Å². The average Bonchev–Trinajstić information content (AvgIpc) is 3.22. The lowest BCUT2D eigenvalue weighted by Crippen LogP contribution is -2.36. The molecule has 0 unspecified atom stereocenters. The summed E-state index contributed by atoms with van der Waals surface area (Å²) in [7, 11) is 1.55. The van der Waals surface area contributed by atoms with Crippen LogP contribution < -0.4 is 9.47 Å². The first-order valence-electron chi connectivity index (χ1n) is 10.1. The zero-order valence-electron chi connectivity index (χ0n) is 17.4. The maximum atomic E-state index is 13.2. The molecule has 0 bridgehead atoms. The lowest BCUT2D eigenvalue weighted by atomic mass is 9.92. The molecule has 3 aromatic rings. The minimum absolute atomic E-state index is 0.352. The van der Waals surface area contributed by atoms with E-state index in [1.807, 2.05) is 30.3 Å². The molecule has 7 heteroatoms. The van der Waals surface area contributed by atoms with Crippen LogP contribution in [0.3, 0.4) is 0 Å². The second-order valence-electron chi connectivity index (χ2n) is 7.59. The Labute approximate surface area is 198 Å². The Kier molecular flexibility index (Phi) is 5.21. The molecule has 6 nitrogen and oxygen atoms in total. The fraction of sp³-hybridized carbons (Fsp3) is 0.160. The van der Waals surface area contributed by atoms with Crippen molar-refractivity contribution < 1.29 is 19.1 Å². The van der Waals surface area contributed by atoms with Gasteiger partial charge in [-0.15, -0.1) is 0 Å². The van der Waals surface area contributed by atoms with Gasteiger partial charge in [0, 0.05) is 5.39 Å². The number of amides is 2. The van der Waals surface area contributed by atoms with Gasteiger partial charge in [0.15, 0.2) is 11.5 Å². The fourth-order valence-electron chi connectivity index (χ4n) is 4.33. The van der Waals surface area contributed by atoms with Crippen molar-refractivity contribution in [2.75, 3.05) is 13.7 Å². The van der Waals surface area contributed by atoms with Crippen molar-refractivity contribution in [2.45, 2.75) is 12.8 Å². The second-order valence-corrected chi connectivity index (χ2v) is 8.76. The van der Waals surface area contributed by atoms with Crippen LogP contribution >= 0.6 is 22.6 Å². The standard InChI is InChI=1S/C25H19IN2O4/c1-3-10-32-23-19(26)11-14(12-20(23)31-2)13-27-28-24(29)17-8-6-15-4-5-16-7-9-18(25(28)30)22(17)21(15)16/h3,6-9,11-13H,1,4-5,10H2,2H3/b27-13-. The van der Waals surface area contributed by atoms with Gasteiger partial charge in [-0.1, -0.05) is 24.8 Å². The monoisotopic (exact) mass is 538 g/mol. The lowest BCUT2D eigenvalue weighted by Gasteiger charge is -2.23. The molecule has 0 N–H and O–H groups in total. The van der Waals surface area contributed by atoms with Gasteiger partial charge in [-0.2, -0.15) is 10.1 Å². The van der Waals surface area contributed by atoms with Gasteiger partial charge in [0.2, 0.25) is 0 Å². The summed E-state index contributed by atoms with van der Waals surface area (Å²) in [6, 6.07) is 11.2. The van der Waals surface area contributed by atoms with Gasteiger partial charge in [-0.3, -0.25) is 9.59 Å². The maximum Gasteiger partial charge on any atom is 0.282 e. The van der Waals surface area contributed by atoms with Crippen LogP contribution in [0.1, 0.15) is 37.4 Å². The minimum Gasteiger partial charge on any atom is -0.493 e. The molecular formula is C25H19IN2O4. The van der Waals surface area contributed by atoms with Crippen LogP contribution in [-0.4, -0.2) is 36.8 Å². The van der Waals surface area contributed by atoms with Crippen molar-refractivity contribution in [1.29, 1.82) is 0 Å². The summed E-state index contributed by atoms with van der Waals surface area (Å²) in [5.74, 6) is 0.307. The van der Waals surface area contributed by atoms with Gasteiger partial charge in [0.05, 0.1) is 28.0 Å². The summed E-state index contributed by atoms with van der Waals surface area (Å²) >= 11 is 2.14. The molecule has 32 heavy (non-hydrogen) atoms. The molecule has 1 aliphatic heterocycles. The van der Waals surface area contributed by atoms with Crippen molar-refractivity contribution in [3.63, 3.8) is 0 Å². The van der Waals surface area contributed by atoms with Gasteiger partial charge in [0.1, 0.15) is 6.61 Å².